The molecule has 0 aliphatic carbocycles. The Labute approximate surface area is 161 Å². The second kappa shape index (κ2) is 8.12. The Morgan fingerprint density at radius 2 is 1.79 bits per heavy atom. The highest BCUT2D eigenvalue weighted by Gasteiger charge is 2.24. The normalized spacial score (nSPS) is 13.3. The average molecular weight is 389 g/mol. The highest BCUT2D eigenvalue weighted by Crippen LogP contribution is 2.34. The SMILES string of the molecule is COc1cc(F)c(NC(=O)c2ccc(N3CCCC3)c([N+](=O)[O-])c2)cc1OC. The van der Waals surface area contributed by atoms with Gasteiger partial charge in [0.15, 0.2) is 17.3 Å². The lowest BCUT2D eigenvalue weighted by molar-refractivity contribution is -0.384. The molecule has 0 spiro atoms. The van der Waals surface area contributed by atoms with Crippen molar-refractivity contribution in [3.8, 4) is 11.5 Å². The summed E-state index contributed by atoms with van der Waals surface area (Å²) in [4.78, 5) is 25.4. The first-order chi connectivity index (χ1) is 13.4. The number of nitrogens with zero attached hydrogens (tertiary/aromatic N) is 2. The Bertz CT molecular complexity index is 913. The van der Waals surface area contributed by atoms with Gasteiger partial charge in [-0.1, -0.05) is 0 Å². The Hall–Kier alpha value is -3.36. The van der Waals surface area contributed by atoms with Crippen LogP contribution in [0, 0.1) is 15.9 Å². The van der Waals surface area contributed by atoms with E-state index in [0.29, 0.717) is 5.69 Å². The predicted molar refractivity (Wildman–Crippen MR) is 102 cm³/mol. The average Bonchev–Trinajstić information content (AvgIpc) is 3.23. The van der Waals surface area contributed by atoms with Crippen molar-refractivity contribution in [2.24, 2.45) is 0 Å². The number of ether oxygens (including phenoxy) is 2. The number of benzene rings is 2. The first-order valence-electron chi connectivity index (χ1n) is 8.71. The standard InChI is InChI=1S/C19H20FN3O5/c1-27-17-10-13(20)14(11-18(17)28-2)21-19(24)12-5-6-15(16(9-12)23(25)26)22-7-3-4-8-22/h5-6,9-11H,3-4,7-8H2,1-2H3,(H,21,24). The molecule has 2 aromatic rings. The Morgan fingerprint density at radius 3 is 2.39 bits per heavy atom. The summed E-state index contributed by atoms with van der Waals surface area (Å²) in [5.74, 6) is -0.949. The van der Waals surface area contributed by atoms with Gasteiger partial charge in [-0.3, -0.25) is 14.9 Å². The van der Waals surface area contributed by atoms with Crippen molar-refractivity contribution in [2.45, 2.75) is 12.8 Å². The number of carbonyl (C=O) groups excluding carboxylic acids is 1. The van der Waals surface area contributed by atoms with E-state index in [4.69, 9.17) is 9.47 Å². The maximum absolute atomic E-state index is 14.2. The fourth-order valence-electron chi connectivity index (χ4n) is 3.18. The number of amides is 1. The van der Waals surface area contributed by atoms with Gasteiger partial charge in [-0.05, 0) is 25.0 Å². The molecule has 1 aliphatic heterocycles. The fourth-order valence-corrected chi connectivity index (χ4v) is 3.18. The van der Waals surface area contributed by atoms with E-state index in [2.05, 4.69) is 5.32 Å². The molecule has 0 unspecified atom stereocenters. The Kier molecular flexibility index (Phi) is 5.62. The lowest BCUT2D eigenvalue weighted by Gasteiger charge is -2.18. The number of anilines is 2. The number of nitro benzene ring substituents is 1. The molecule has 1 N–H and O–H groups in total. The van der Waals surface area contributed by atoms with Crippen molar-refractivity contribution in [2.75, 3.05) is 37.5 Å². The van der Waals surface area contributed by atoms with E-state index in [1.165, 1.54) is 32.4 Å². The third-order valence-electron chi connectivity index (χ3n) is 4.60. The minimum absolute atomic E-state index is 0.0591. The number of hydrogen-bond donors (Lipinski definition) is 1. The van der Waals surface area contributed by atoms with Gasteiger partial charge in [0.25, 0.3) is 11.6 Å². The zero-order chi connectivity index (χ0) is 20.3. The summed E-state index contributed by atoms with van der Waals surface area (Å²) in [6.45, 7) is 1.48. The number of hydrogen-bond acceptors (Lipinski definition) is 6. The van der Waals surface area contributed by atoms with Crippen LogP contribution in [0.1, 0.15) is 23.2 Å². The highest BCUT2D eigenvalue weighted by atomic mass is 19.1. The van der Waals surface area contributed by atoms with Gasteiger partial charge < -0.3 is 19.7 Å². The maximum atomic E-state index is 14.2. The van der Waals surface area contributed by atoms with Gasteiger partial charge in [-0.25, -0.2) is 4.39 Å². The number of carbonyl (C=O) groups is 1. The lowest BCUT2D eigenvalue weighted by atomic mass is 10.1. The molecule has 0 saturated carbocycles. The van der Waals surface area contributed by atoms with E-state index >= 15 is 0 Å². The molecule has 1 aliphatic rings. The molecule has 28 heavy (non-hydrogen) atoms. The fraction of sp³-hybridized carbons (Fsp3) is 0.316. The van der Waals surface area contributed by atoms with Gasteiger partial charge in [0.2, 0.25) is 0 Å². The Balaban J connectivity index is 1.89. The zero-order valence-electron chi connectivity index (χ0n) is 15.5. The molecule has 1 heterocycles. The van der Waals surface area contributed by atoms with Crippen molar-refractivity contribution in [3.05, 3.63) is 51.8 Å². The van der Waals surface area contributed by atoms with Crippen LogP contribution in [-0.4, -0.2) is 38.1 Å². The quantitative estimate of drug-likeness (QED) is 0.599. The third-order valence-corrected chi connectivity index (χ3v) is 4.60. The molecular weight excluding hydrogens is 369 g/mol. The van der Waals surface area contributed by atoms with Crippen molar-refractivity contribution < 1.29 is 23.6 Å². The lowest BCUT2D eigenvalue weighted by Crippen LogP contribution is -2.20. The minimum Gasteiger partial charge on any atom is -0.493 e. The van der Waals surface area contributed by atoms with Crippen molar-refractivity contribution in [3.63, 3.8) is 0 Å². The van der Waals surface area contributed by atoms with Crippen LogP contribution in [-0.2, 0) is 0 Å². The first kappa shape index (κ1) is 19.4. The number of halogens is 1. The monoisotopic (exact) mass is 389 g/mol. The van der Waals surface area contributed by atoms with Gasteiger partial charge >= 0.3 is 0 Å². The molecule has 0 aromatic heterocycles. The van der Waals surface area contributed by atoms with Crippen LogP contribution in [0.25, 0.3) is 0 Å². The second-order valence-corrected chi connectivity index (χ2v) is 6.30. The summed E-state index contributed by atoms with van der Waals surface area (Å²) in [5.41, 5.74) is 0.274. The summed E-state index contributed by atoms with van der Waals surface area (Å²) in [5, 5.41) is 13.9. The van der Waals surface area contributed by atoms with Crippen LogP contribution in [0.15, 0.2) is 30.3 Å². The van der Waals surface area contributed by atoms with Gasteiger partial charge in [0.1, 0.15) is 5.69 Å². The molecule has 3 rings (SSSR count). The molecule has 0 atom stereocenters. The number of nitro groups is 1. The summed E-state index contributed by atoms with van der Waals surface area (Å²) in [6, 6.07) is 6.64. The van der Waals surface area contributed by atoms with Gasteiger partial charge in [-0.15, -0.1) is 0 Å². The molecular formula is C19H20FN3O5. The van der Waals surface area contributed by atoms with Crippen molar-refractivity contribution in [1.29, 1.82) is 0 Å². The van der Waals surface area contributed by atoms with Crippen molar-refractivity contribution >= 4 is 23.0 Å². The molecule has 148 valence electrons. The Morgan fingerprint density at radius 1 is 1.14 bits per heavy atom. The molecule has 0 bridgehead atoms. The van der Waals surface area contributed by atoms with Gasteiger partial charge in [0, 0.05) is 36.9 Å². The van der Waals surface area contributed by atoms with Crippen LogP contribution >= 0.6 is 0 Å². The van der Waals surface area contributed by atoms with Crippen LogP contribution in [0.2, 0.25) is 0 Å². The molecule has 1 saturated heterocycles. The predicted octanol–water partition coefficient (Wildman–Crippen LogP) is 3.60. The number of rotatable bonds is 6. The van der Waals surface area contributed by atoms with Crippen LogP contribution < -0.4 is 19.7 Å². The highest BCUT2D eigenvalue weighted by molar-refractivity contribution is 6.05. The van der Waals surface area contributed by atoms with E-state index in [9.17, 15) is 19.3 Å². The summed E-state index contributed by atoms with van der Waals surface area (Å²) >= 11 is 0. The van der Waals surface area contributed by atoms with Crippen LogP contribution in [0.3, 0.4) is 0 Å². The first-order valence-corrected chi connectivity index (χ1v) is 8.71. The molecule has 9 heteroatoms. The van der Waals surface area contributed by atoms with Crippen molar-refractivity contribution in [1.82, 2.24) is 0 Å². The van der Waals surface area contributed by atoms with Gasteiger partial charge in [0.05, 0.1) is 24.8 Å². The molecule has 0 radical (unpaired) electrons. The maximum Gasteiger partial charge on any atom is 0.293 e. The molecule has 1 amide bonds. The molecule has 8 nitrogen and oxygen atoms in total. The molecule has 2 aromatic carbocycles. The summed E-state index contributed by atoms with van der Waals surface area (Å²) < 4.78 is 24.4. The summed E-state index contributed by atoms with van der Waals surface area (Å²) in [6.07, 6.45) is 1.94. The van der Waals surface area contributed by atoms with E-state index in [1.807, 2.05) is 4.90 Å². The number of nitrogens with one attached hydrogen (secondary N) is 1. The van der Waals surface area contributed by atoms with E-state index in [1.54, 1.807) is 6.07 Å². The smallest absolute Gasteiger partial charge is 0.293 e. The third kappa shape index (κ3) is 3.83. The number of methoxy groups -OCH3 is 2. The van der Waals surface area contributed by atoms with Crippen LogP contribution in [0.4, 0.5) is 21.5 Å². The topological polar surface area (TPSA) is 93.9 Å². The summed E-state index contributed by atoms with van der Waals surface area (Å²) in [7, 11) is 2.76. The largest absolute Gasteiger partial charge is 0.493 e. The van der Waals surface area contributed by atoms with E-state index in [-0.39, 0.29) is 28.4 Å². The zero-order valence-corrected chi connectivity index (χ0v) is 15.5. The van der Waals surface area contributed by atoms with Gasteiger partial charge in [-0.2, -0.15) is 0 Å². The van der Waals surface area contributed by atoms with E-state index < -0.39 is 16.6 Å². The van der Waals surface area contributed by atoms with Crippen LogP contribution in [0.5, 0.6) is 11.5 Å². The van der Waals surface area contributed by atoms with E-state index in [0.717, 1.165) is 32.0 Å². The second-order valence-electron chi connectivity index (χ2n) is 6.30. The molecule has 1 fully saturated rings. The minimum atomic E-state index is -0.714.